The van der Waals surface area contributed by atoms with Crippen molar-refractivity contribution in [1.82, 2.24) is 14.8 Å². The van der Waals surface area contributed by atoms with Crippen LogP contribution >= 0.6 is 23.1 Å². The fraction of sp³-hybridized carbons (Fsp3) is 0.385. The number of rotatable bonds is 10. The van der Waals surface area contributed by atoms with Crippen molar-refractivity contribution < 1.29 is 9.53 Å². The number of fused-ring (bicyclic) bond motifs is 1. The van der Waals surface area contributed by atoms with E-state index in [1.165, 1.54) is 16.6 Å². The first-order chi connectivity index (χ1) is 17.0. The van der Waals surface area contributed by atoms with Gasteiger partial charge in [0.1, 0.15) is 16.8 Å². The molecule has 3 aromatic rings. The Hall–Kier alpha value is -3.09. The Kier molecular flexibility index (Phi) is 8.26. The van der Waals surface area contributed by atoms with Gasteiger partial charge in [0.25, 0.3) is 0 Å². The van der Waals surface area contributed by atoms with Crippen LogP contribution in [0.5, 0.6) is 5.75 Å². The molecule has 9 heteroatoms. The van der Waals surface area contributed by atoms with E-state index in [-0.39, 0.29) is 17.8 Å². The zero-order valence-corrected chi connectivity index (χ0v) is 21.6. The van der Waals surface area contributed by atoms with Crippen LogP contribution in [0.3, 0.4) is 0 Å². The predicted octanol–water partition coefficient (Wildman–Crippen LogP) is 5.78. The first-order valence-electron chi connectivity index (χ1n) is 11.8. The van der Waals surface area contributed by atoms with Gasteiger partial charge in [-0.15, -0.1) is 28.1 Å². The third kappa shape index (κ3) is 5.77. The Morgan fingerprint density at radius 1 is 1.43 bits per heavy atom. The number of aromatic nitrogens is 3. The molecule has 0 aliphatic heterocycles. The second-order valence-corrected chi connectivity index (χ2v) is 10.5. The highest BCUT2D eigenvalue weighted by Gasteiger charge is 2.26. The van der Waals surface area contributed by atoms with E-state index >= 15 is 0 Å². The molecule has 35 heavy (non-hydrogen) atoms. The zero-order valence-electron chi connectivity index (χ0n) is 20.0. The summed E-state index contributed by atoms with van der Waals surface area (Å²) in [6, 6.07) is 11.9. The van der Waals surface area contributed by atoms with E-state index in [1.54, 1.807) is 17.4 Å². The Bertz CT molecular complexity index is 1230. The van der Waals surface area contributed by atoms with Gasteiger partial charge in [-0.1, -0.05) is 49.4 Å². The molecule has 1 amide bonds. The molecule has 1 aliphatic rings. The second kappa shape index (κ2) is 11.6. The lowest BCUT2D eigenvalue weighted by molar-refractivity contribution is -0.113. The van der Waals surface area contributed by atoms with Crippen LogP contribution in [0.1, 0.15) is 54.6 Å². The van der Waals surface area contributed by atoms with Crippen LogP contribution in [0.15, 0.2) is 48.1 Å². The van der Waals surface area contributed by atoms with Gasteiger partial charge in [0.15, 0.2) is 17.1 Å². The quantitative estimate of drug-likeness (QED) is 0.276. The lowest BCUT2D eigenvalue weighted by Gasteiger charge is -2.20. The highest BCUT2D eigenvalue weighted by atomic mass is 32.2. The third-order valence-electron chi connectivity index (χ3n) is 6.12. The number of para-hydroxylation sites is 1. The molecule has 2 unspecified atom stereocenters. The molecular formula is C26H29N5O2S2. The molecule has 0 spiro atoms. The Morgan fingerprint density at radius 3 is 2.94 bits per heavy atom. The number of carbonyl (C=O) groups excluding carboxylic acids is 1. The highest BCUT2D eigenvalue weighted by Crippen LogP contribution is 2.40. The predicted molar refractivity (Wildman–Crippen MR) is 140 cm³/mol. The molecule has 4 rings (SSSR count). The normalized spacial score (nSPS) is 15.6. The fourth-order valence-electron chi connectivity index (χ4n) is 4.27. The zero-order chi connectivity index (χ0) is 24.8. The van der Waals surface area contributed by atoms with E-state index in [0.29, 0.717) is 34.0 Å². The molecule has 1 aromatic carbocycles. The minimum Gasteiger partial charge on any atom is -0.483 e. The molecule has 0 fully saturated rings. The van der Waals surface area contributed by atoms with Crippen LogP contribution in [0.25, 0.3) is 0 Å². The number of thiophene rings is 1. The molecule has 0 bridgehead atoms. The number of anilines is 1. The van der Waals surface area contributed by atoms with E-state index < -0.39 is 0 Å². The molecule has 1 aliphatic carbocycles. The topological polar surface area (TPSA) is 92.8 Å². The molecule has 2 aromatic heterocycles. The summed E-state index contributed by atoms with van der Waals surface area (Å²) in [7, 11) is 0. The van der Waals surface area contributed by atoms with Crippen LogP contribution in [0.2, 0.25) is 0 Å². The van der Waals surface area contributed by atoms with Crippen LogP contribution in [0.4, 0.5) is 5.00 Å². The molecule has 0 saturated carbocycles. The monoisotopic (exact) mass is 507 g/mol. The SMILES string of the molecule is C=CCn1c(SCC(=O)Nc2sc3c(c2C#N)CCC(CC)C3)nnc1C(C)Oc1ccccc1. The number of hydrogen-bond acceptors (Lipinski definition) is 7. The maximum Gasteiger partial charge on any atom is 0.235 e. The van der Waals surface area contributed by atoms with Crippen molar-refractivity contribution >= 4 is 34.0 Å². The van der Waals surface area contributed by atoms with Crippen molar-refractivity contribution in [1.29, 1.82) is 5.26 Å². The summed E-state index contributed by atoms with van der Waals surface area (Å²) in [4.78, 5) is 14.0. The summed E-state index contributed by atoms with van der Waals surface area (Å²) in [6.07, 6.45) is 5.59. The summed E-state index contributed by atoms with van der Waals surface area (Å²) in [5.41, 5.74) is 1.75. The molecule has 0 radical (unpaired) electrons. The van der Waals surface area contributed by atoms with E-state index in [9.17, 15) is 10.1 Å². The van der Waals surface area contributed by atoms with Crippen molar-refractivity contribution in [3.63, 3.8) is 0 Å². The van der Waals surface area contributed by atoms with Gasteiger partial charge in [-0.25, -0.2) is 0 Å². The number of hydrogen-bond donors (Lipinski definition) is 1. The van der Waals surface area contributed by atoms with Gasteiger partial charge in [-0.2, -0.15) is 5.26 Å². The van der Waals surface area contributed by atoms with Crippen LogP contribution < -0.4 is 10.1 Å². The van der Waals surface area contributed by atoms with Gasteiger partial charge >= 0.3 is 0 Å². The molecule has 7 nitrogen and oxygen atoms in total. The summed E-state index contributed by atoms with van der Waals surface area (Å²) in [5, 5.41) is 22.6. The van der Waals surface area contributed by atoms with Crippen molar-refractivity contribution in [3.05, 3.63) is 64.8 Å². The Balaban J connectivity index is 1.42. The number of nitrogens with zero attached hydrogens (tertiary/aromatic N) is 4. The smallest absolute Gasteiger partial charge is 0.235 e. The number of ether oxygens (including phenoxy) is 1. The number of benzene rings is 1. The standard InChI is InChI=1S/C26H29N5O2S2/c1-4-13-31-24(17(3)33-19-9-7-6-8-10-19)29-30-26(31)34-16-23(32)28-25-21(15-27)20-12-11-18(5-2)14-22(20)35-25/h4,6-10,17-18H,1,5,11-14,16H2,2-3H3,(H,28,32). The van der Waals surface area contributed by atoms with Gasteiger partial charge in [0, 0.05) is 11.4 Å². The Morgan fingerprint density at radius 2 is 2.23 bits per heavy atom. The van der Waals surface area contributed by atoms with Crippen molar-refractivity contribution in [2.75, 3.05) is 11.1 Å². The third-order valence-corrected chi connectivity index (χ3v) is 8.26. The van der Waals surface area contributed by atoms with E-state index in [4.69, 9.17) is 4.74 Å². The summed E-state index contributed by atoms with van der Waals surface area (Å²) in [6.45, 7) is 8.47. The number of nitriles is 1. The summed E-state index contributed by atoms with van der Waals surface area (Å²) < 4.78 is 7.92. The average molecular weight is 508 g/mol. The minimum absolute atomic E-state index is 0.161. The van der Waals surface area contributed by atoms with Gasteiger partial charge < -0.3 is 10.1 Å². The number of carbonyl (C=O) groups is 1. The molecule has 182 valence electrons. The number of amides is 1. The highest BCUT2D eigenvalue weighted by molar-refractivity contribution is 7.99. The summed E-state index contributed by atoms with van der Waals surface area (Å²) >= 11 is 2.86. The molecule has 2 atom stereocenters. The van der Waals surface area contributed by atoms with E-state index in [1.807, 2.05) is 41.8 Å². The van der Waals surface area contributed by atoms with Gasteiger partial charge in [-0.3, -0.25) is 9.36 Å². The van der Waals surface area contributed by atoms with Crippen LogP contribution in [0, 0.1) is 17.2 Å². The lowest BCUT2D eigenvalue weighted by Crippen LogP contribution is -2.15. The maximum absolute atomic E-state index is 12.8. The molecular weight excluding hydrogens is 478 g/mol. The van der Waals surface area contributed by atoms with Gasteiger partial charge in [-0.05, 0) is 49.8 Å². The molecule has 0 saturated heterocycles. The van der Waals surface area contributed by atoms with Crippen molar-refractivity contribution in [3.8, 4) is 11.8 Å². The van der Waals surface area contributed by atoms with E-state index in [0.717, 1.165) is 37.0 Å². The average Bonchev–Trinajstić information content (AvgIpc) is 3.43. The number of nitrogens with one attached hydrogen (secondary N) is 1. The largest absolute Gasteiger partial charge is 0.483 e. The second-order valence-electron chi connectivity index (χ2n) is 8.49. The van der Waals surface area contributed by atoms with Gasteiger partial charge in [0.2, 0.25) is 5.91 Å². The maximum atomic E-state index is 12.8. The first-order valence-corrected chi connectivity index (χ1v) is 13.6. The Labute approximate surface area is 214 Å². The van der Waals surface area contributed by atoms with Crippen LogP contribution in [-0.4, -0.2) is 26.4 Å². The minimum atomic E-state index is -0.324. The molecule has 2 heterocycles. The number of thioether (sulfide) groups is 1. The van der Waals surface area contributed by atoms with Gasteiger partial charge in [0.05, 0.1) is 11.3 Å². The van der Waals surface area contributed by atoms with Crippen molar-refractivity contribution in [2.24, 2.45) is 5.92 Å². The van der Waals surface area contributed by atoms with E-state index in [2.05, 4.69) is 35.1 Å². The summed E-state index contributed by atoms with van der Waals surface area (Å²) in [5.74, 6) is 2.07. The molecule has 1 N–H and O–H groups in total. The fourth-order valence-corrected chi connectivity index (χ4v) is 6.35. The number of allylic oxidation sites excluding steroid dienone is 1. The van der Waals surface area contributed by atoms with Crippen molar-refractivity contribution in [2.45, 2.75) is 57.3 Å². The lowest BCUT2D eigenvalue weighted by atomic mass is 9.86. The van der Waals surface area contributed by atoms with Crippen LogP contribution in [-0.2, 0) is 24.2 Å². The first kappa shape index (κ1) is 25.0.